The van der Waals surface area contributed by atoms with Gasteiger partial charge in [0, 0.05) is 16.5 Å². The third-order valence-electron chi connectivity index (χ3n) is 3.35. The number of hydrogen-bond donors (Lipinski definition) is 0. The minimum absolute atomic E-state index is 0.0772. The van der Waals surface area contributed by atoms with Crippen molar-refractivity contribution in [3.05, 3.63) is 58.1 Å². The summed E-state index contributed by atoms with van der Waals surface area (Å²) in [4.78, 5) is 15.8. The number of benzene rings is 2. The van der Waals surface area contributed by atoms with Crippen molar-refractivity contribution >= 4 is 46.6 Å². The van der Waals surface area contributed by atoms with Crippen molar-refractivity contribution in [2.24, 2.45) is 0 Å². The van der Waals surface area contributed by atoms with Crippen LogP contribution >= 0.6 is 35.0 Å². The van der Waals surface area contributed by atoms with Crippen LogP contribution in [0, 0.1) is 0 Å². The monoisotopic (exact) mass is 337 g/mol. The molecule has 0 radical (unpaired) electrons. The van der Waals surface area contributed by atoms with E-state index in [0.29, 0.717) is 22.2 Å². The summed E-state index contributed by atoms with van der Waals surface area (Å²) in [5.74, 6) is 0.932. The number of para-hydroxylation sites is 1. The Morgan fingerprint density at radius 3 is 2.76 bits per heavy atom. The normalized spacial score (nSPS) is 14.5. The Morgan fingerprint density at radius 2 is 1.95 bits per heavy atom. The molecule has 0 bridgehead atoms. The summed E-state index contributed by atoms with van der Waals surface area (Å²) in [7, 11) is 0. The highest BCUT2D eigenvalue weighted by atomic mass is 35.5. The number of fused-ring (bicyclic) bond motifs is 1. The van der Waals surface area contributed by atoms with Gasteiger partial charge in [0.1, 0.15) is 0 Å². The molecule has 0 atom stereocenters. The molecule has 0 aliphatic carbocycles. The first-order valence-corrected chi connectivity index (χ1v) is 8.40. The predicted molar refractivity (Wildman–Crippen MR) is 89.9 cm³/mol. The second-order valence-corrected chi connectivity index (χ2v) is 6.73. The maximum Gasteiger partial charge on any atom is 0.259 e. The van der Waals surface area contributed by atoms with Crippen LogP contribution in [0.3, 0.4) is 0 Å². The van der Waals surface area contributed by atoms with E-state index in [-0.39, 0.29) is 5.91 Å². The SMILES string of the molecule is O=C(c1ccc(Cl)cc1Cl)N1CCCSc2ccccc21. The topological polar surface area (TPSA) is 20.3 Å². The van der Waals surface area contributed by atoms with E-state index in [2.05, 4.69) is 6.07 Å². The fourth-order valence-electron chi connectivity index (χ4n) is 2.35. The van der Waals surface area contributed by atoms with E-state index in [9.17, 15) is 4.79 Å². The van der Waals surface area contributed by atoms with Crippen LogP contribution in [-0.2, 0) is 0 Å². The van der Waals surface area contributed by atoms with Gasteiger partial charge in [0.2, 0.25) is 0 Å². The fourth-order valence-corrected chi connectivity index (χ4v) is 3.83. The first-order chi connectivity index (χ1) is 10.2. The van der Waals surface area contributed by atoms with E-state index in [1.165, 1.54) is 0 Å². The lowest BCUT2D eigenvalue weighted by Crippen LogP contribution is -2.32. The lowest BCUT2D eigenvalue weighted by atomic mass is 10.1. The summed E-state index contributed by atoms with van der Waals surface area (Å²) in [6, 6.07) is 13.0. The molecule has 2 nitrogen and oxygen atoms in total. The van der Waals surface area contributed by atoms with Gasteiger partial charge in [0.25, 0.3) is 5.91 Å². The largest absolute Gasteiger partial charge is 0.307 e. The van der Waals surface area contributed by atoms with Crippen molar-refractivity contribution in [2.75, 3.05) is 17.2 Å². The molecule has 1 aliphatic rings. The summed E-state index contributed by atoms with van der Waals surface area (Å²) in [6.07, 6.45) is 0.955. The first-order valence-electron chi connectivity index (χ1n) is 6.65. The second-order valence-electron chi connectivity index (χ2n) is 4.75. The number of hydrogen-bond acceptors (Lipinski definition) is 2. The Hall–Kier alpha value is -1.16. The number of anilines is 1. The van der Waals surface area contributed by atoms with Gasteiger partial charge in [0.05, 0.1) is 16.3 Å². The molecule has 0 N–H and O–H groups in total. The van der Waals surface area contributed by atoms with E-state index < -0.39 is 0 Å². The van der Waals surface area contributed by atoms with Crippen molar-refractivity contribution in [1.29, 1.82) is 0 Å². The Morgan fingerprint density at radius 1 is 1.14 bits per heavy atom. The molecule has 3 rings (SSSR count). The van der Waals surface area contributed by atoms with Crippen LogP contribution in [0.15, 0.2) is 47.4 Å². The van der Waals surface area contributed by atoms with Crippen LogP contribution in [0.2, 0.25) is 10.0 Å². The standard InChI is InChI=1S/C16H13Cl2NOS/c17-11-6-7-12(13(18)10-11)16(20)19-8-3-9-21-15-5-2-1-4-14(15)19/h1-2,4-7,10H,3,8-9H2. The van der Waals surface area contributed by atoms with Crippen molar-refractivity contribution in [2.45, 2.75) is 11.3 Å². The summed E-state index contributed by atoms with van der Waals surface area (Å²) >= 11 is 13.9. The Labute approximate surface area is 138 Å². The molecule has 2 aromatic carbocycles. The van der Waals surface area contributed by atoms with Crippen LogP contribution in [0.5, 0.6) is 0 Å². The molecule has 0 unspecified atom stereocenters. The summed E-state index contributed by atoms with van der Waals surface area (Å²) in [5.41, 5.74) is 1.44. The van der Waals surface area contributed by atoms with Crippen molar-refractivity contribution in [3.63, 3.8) is 0 Å². The molecular formula is C16H13Cl2NOS. The zero-order chi connectivity index (χ0) is 14.8. The van der Waals surface area contributed by atoms with Gasteiger partial charge in [-0.15, -0.1) is 11.8 Å². The number of nitrogens with zero attached hydrogens (tertiary/aromatic N) is 1. The second kappa shape index (κ2) is 6.30. The molecule has 0 aromatic heterocycles. The molecule has 0 saturated heterocycles. The zero-order valence-electron chi connectivity index (χ0n) is 11.2. The van der Waals surface area contributed by atoms with Crippen molar-refractivity contribution in [1.82, 2.24) is 0 Å². The smallest absolute Gasteiger partial charge is 0.259 e. The van der Waals surface area contributed by atoms with Gasteiger partial charge in [-0.2, -0.15) is 0 Å². The predicted octanol–water partition coefficient (Wildman–Crippen LogP) is 5.14. The summed E-state index contributed by atoms with van der Waals surface area (Å²) in [6.45, 7) is 0.696. The van der Waals surface area contributed by atoms with Crippen LogP contribution in [0.25, 0.3) is 0 Å². The first kappa shape index (κ1) is 14.8. The fraction of sp³-hybridized carbons (Fsp3) is 0.188. The molecule has 108 valence electrons. The summed E-state index contributed by atoms with van der Waals surface area (Å²) < 4.78 is 0. The van der Waals surface area contributed by atoms with Gasteiger partial charge < -0.3 is 4.90 Å². The van der Waals surface area contributed by atoms with E-state index in [4.69, 9.17) is 23.2 Å². The third kappa shape index (κ3) is 3.05. The van der Waals surface area contributed by atoms with Crippen molar-refractivity contribution < 1.29 is 4.79 Å². The zero-order valence-corrected chi connectivity index (χ0v) is 13.5. The average molecular weight is 338 g/mol. The minimum Gasteiger partial charge on any atom is -0.307 e. The maximum absolute atomic E-state index is 12.8. The Balaban J connectivity index is 2.01. The van der Waals surface area contributed by atoms with Crippen LogP contribution in [-0.4, -0.2) is 18.2 Å². The Bertz CT molecular complexity index is 690. The number of halogens is 2. The highest BCUT2D eigenvalue weighted by Crippen LogP contribution is 2.35. The van der Waals surface area contributed by atoms with E-state index >= 15 is 0 Å². The van der Waals surface area contributed by atoms with Crippen LogP contribution in [0.1, 0.15) is 16.8 Å². The van der Waals surface area contributed by atoms with Gasteiger partial charge in [-0.1, -0.05) is 35.3 Å². The molecule has 1 amide bonds. The number of carbonyl (C=O) groups excluding carboxylic acids is 1. The summed E-state index contributed by atoms with van der Waals surface area (Å²) in [5, 5.41) is 0.922. The lowest BCUT2D eigenvalue weighted by Gasteiger charge is -2.23. The van der Waals surface area contributed by atoms with Gasteiger partial charge in [-0.3, -0.25) is 4.79 Å². The molecule has 1 aliphatic heterocycles. The highest BCUT2D eigenvalue weighted by molar-refractivity contribution is 7.99. The molecule has 0 saturated carbocycles. The molecular weight excluding hydrogens is 325 g/mol. The molecule has 2 aromatic rings. The van der Waals surface area contributed by atoms with E-state index in [1.54, 1.807) is 30.0 Å². The van der Waals surface area contributed by atoms with Gasteiger partial charge in [0.15, 0.2) is 0 Å². The van der Waals surface area contributed by atoms with Crippen LogP contribution in [0.4, 0.5) is 5.69 Å². The lowest BCUT2D eigenvalue weighted by molar-refractivity contribution is 0.0987. The number of thioether (sulfide) groups is 1. The maximum atomic E-state index is 12.8. The highest BCUT2D eigenvalue weighted by Gasteiger charge is 2.23. The minimum atomic E-state index is -0.0772. The molecule has 0 fully saturated rings. The Kier molecular flexibility index (Phi) is 4.43. The van der Waals surface area contributed by atoms with Crippen molar-refractivity contribution in [3.8, 4) is 0 Å². The van der Waals surface area contributed by atoms with Gasteiger partial charge >= 0.3 is 0 Å². The molecule has 0 spiro atoms. The molecule has 5 heteroatoms. The number of amides is 1. The van der Waals surface area contributed by atoms with E-state index in [1.807, 2.05) is 23.1 Å². The quantitative estimate of drug-likeness (QED) is 0.718. The van der Waals surface area contributed by atoms with Crippen LogP contribution < -0.4 is 4.90 Å². The van der Waals surface area contributed by atoms with Gasteiger partial charge in [-0.25, -0.2) is 0 Å². The number of rotatable bonds is 1. The van der Waals surface area contributed by atoms with E-state index in [0.717, 1.165) is 22.8 Å². The third-order valence-corrected chi connectivity index (χ3v) is 5.04. The average Bonchev–Trinajstić information content (AvgIpc) is 2.69. The van der Waals surface area contributed by atoms with Gasteiger partial charge in [-0.05, 0) is 42.5 Å². The molecule has 1 heterocycles. The molecule has 21 heavy (non-hydrogen) atoms. The number of carbonyl (C=O) groups is 1.